The molecule has 8 nitrogen and oxygen atoms in total. The van der Waals surface area contributed by atoms with E-state index in [1.165, 1.54) is 10.6 Å². The summed E-state index contributed by atoms with van der Waals surface area (Å²) in [5.74, 6) is 0.254. The topological polar surface area (TPSA) is 102 Å². The largest absolute Gasteiger partial charge is 0.507 e. The van der Waals surface area contributed by atoms with Gasteiger partial charge in [-0.1, -0.05) is 12.5 Å². The minimum atomic E-state index is -1.08. The van der Waals surface area contributed by atoms with Crippen molar-refractivity contribution in [3.63, 3.8) is 0 Å². The predicted molar refractivity (Wildman–Crippen MR) is 116 cm³/mol. The predicted octanol–water partition coefficient (Wildman–Crippen LogP) is 2.61. The Labute approximate surface area is 184 Å². The van der Waals surface area contributed by atoms with Crippen molar-refractivity contribution in [1.29, 1.82) is 0 Å². The Morgan fingerprint density at radius 1 is 1.16 bits per heavy atom. The third kappa shape index (κ3) is 3.95. The van der Waals surface area contributed by atoms with Crippen molar-refractivity contribution in [3.05, 3.63) is 53.1 Å². The highest BCUT2D eigenvalue weighted by Crippen LogP contribution is 2.33. The first-order valence-electron chi connectivity index (χ1n) is 10.8. The lowest BCUT2D eigenvalue weighted by atomic mass is 9.84. The van der Waals surface area contributed by atoms with E-state index >= 15 is 0 Å². The molecule has 5 rings (SSSR count). The number of rotatable bonds is 4. The molecule has 9 heteroatoms. The summed E-state index contributed by atoms with van der Waals surface area (Å²) >= 11 is 0. The fraction of sp³-hybridized carbons (Fsp3) is 0.391. The molecular weight excluding hydrogens is 413 g/mol. The first-order valence-corrected chi connectivity index (χ1v) is 10.8. The Kier molecular flexibility index (Phi) is 5.34. The molecule has 0 saturated carbocycles. The SMILES string of the molecule is Cn1ccc(-c2ccc(-c3ccc(O[C@@H]4CC5CCCC(N5)[C@@H]4F)nn3)c(O)c2)nc1=O. The standard InChI is InChI=1S/C23H24FN5O3/c1-29-10-9-16(26-23(29)31)13-5-6-15(19(30)11-13)17-7-8-21(28-27-17)32-20-12-14-3-2-4-18(25-14)22(20)24/h5-11,14,18,20,22,25,30H,2-4,12H2,1H3/t14?,18?,20-,22+/m1/s1. The third-order valence-electron chi connectivity index (χ3n) is 6.23. The van der Waals surface area contributed by atoms with Crippen molar-refractivity contribution in [2.75, 3.05) is 0 Å². The summed E-state index contributed by atoms with van der Waals surface area (Å²) in [5.41, 5.74) is 1.65. The maximum absolute atomic E-state index is 14.7. The molecule has 4 heterocycles. The molecule has 2 aromatic heterocycles. The number of alkyl halides is 1. The van der Waals surface area contributed by atoms with E-state index in [1.54, 1.807) is 43.6 Å². The highest BCUT2D eigenvalue weighted by Gasteiger charge is 2.41. The zero-order valence-corrected chi connectivity index (χ0v) is 17.6. The van der Waals surface area contributed by atoms with Crippen molar-refractivity contribution in [2.24, 2.45) is 7.05 Å². The summed E-state index contributed by atoms with van der Waals surface area (Å²) in [6.45, 7) is 0. The summed E-state index contributed by atoms with van der Waals surface area (Å²) in [5, 5.41) is 22.1. The molecule has 2 bridgehead atoms. The van der Waals surface area contributed by atoms with E-state index in [1.807, 2.05) is 0 Å². The lowest BCUT2D eigenvalue weighted by Gasteiger charge is -2.42. The Hall–Kier alpha value is -3.33. The monoisotopic (exact) mass is 437 g/mol. The Balaban J connectivity index is 1.32. The van der Waals surface area contributed by atoms with Crippen LogP contribution in [0, 0.1) is 0 Å². The molecule has 0 spiro atoms. The molecular formula is C23H24FN5O3. The summed E-state index contributed by atoms with van der Waals surface area (Å²) < 4.78 is 21.9. The van der Waals surface area contributed by atoms with Gasteiger partial charge >= 0.3 is 5.69 Å². The van der Waals surface area contributed by atoms with Gasteiger partial charge in [0.05, 0.1) is 11.4 Å². The Morgan fingerprint density at radius 3 is 2.78 bits per heavy atom. The number of hydrogen-bond acceptors (Lipinski definition) is 7. The number of ether oxygens (including phenoxy) is 1. The van der Waals surface area contributed by atoms with Crippen molar-refractivity contribution < 1.29 is 14.2 Å². The fourth-order valence-electron chi connectivity index (χ4n) is 4.49. The van der Waals surface area contributed by atoms with E-state index in [4.69, 9.17) is 4.74 Å². The van der Waals surface area contributed by atoms with E-state index < -0.39 is 12.3 Å². The minimum Gasteiger partial charge on any atom is -0.507 e. The summed E-state index contributed by atoms with van der Waals surface area (Å²) in [4.78, 5) is 15.8. The number of aromatic nitrogens is 4. The number of halogens is 1. The van der Waals surface area contributed by atoms with Crippen LogP contribution >= 0.6 is 0 Å². The maximum Gasteiger partial charge on any atom is 0.347 e. The van der Waals surface area contributed by atoms with Gasteiger partial charge in [-0.05, 0) is 37.1 Å². The average Bonchev–Trinajstić information content (AvgIpc) is 2.80. The van der Waals surface area contributed by atoms with Gasteiger partial charge in [-0.2, -0.15) is 4.98 Å². The molecule has 0 aliphatic carbocycles. The highest BCUT2D eigenvalue weighted by atomic mass is 19.1. The number of phenolic OH excluding ortho intramolecular Hbond substituents is 1. The zero-order chi connectivity index (χ0) is 22.2. The number of aromatic hydroxyl groups is 1. The van der Waals surface area contributed by atoms with Crippen LogP contribution in [0.4, 0.5) is 4.39 Å². The molecule has 2 fully saturated rings. The van der Waals surface area contributed by atoms with Crippen LogP contribution in [-0.4, -0.2) is 49.2 Å². The molecule has 2 aliphatic heterocycles. The van der Waals surface area contributed by atoms with Gasteiger partial charge in [0.25, 0.3) is 0 Å². The molecule has 2 unspecified atom stereocenters. The maximum atomic E-state index is 14.7. The van der Waals surface area contributed by atoms with Crippen LogP contribution < -0.4 is 15.7 Å². The summed E-state index contributed by atoms with van der Waals surface area (Å²) in [7, 11) is 1.62. The smallest absolute Gasteiger partial charge is 0.347 e. The second kappa shape index (κ2) is 8.31. The van der Waals surface area contributed by atoms with Gasteiger partial charge in [0.1, 0.15) is 11.9 Å². The quantitative estimate of drug-likeness (QED) is 0.647. The van der Waals surface area contributed by atoms with Crippen molar-refractivity contribution in [1.82, 2.24) is 25.1 Å². The van der Waals surface area contributed by atoms with Crippen molar-refractivity contribution in [2.45, 2.75) is 50.0 Å². The van der Waals surface area contributed by atoms with Gasteiger partial charge in [0.15, 0.2) is 6.17 Å². The number of nitrogens with one attached hydrogen (secondary N) is 1. The van der Waals surface area contributed by atoms with Crippen LogP contribution in [0.2, 0.25) is 0 Å². The Bertz CT molecular complexity index is 1180. The van der Waals surface area contributed by atoms with E-state index in [9.17, 15) is 14.3 Å². The second-order valence-electron chi connectivity index (χ2n) is 8.43. The molecule has 0 radical (unpaired) electrons. The number of hydrogen-bond donors (Lipinski definition) is 2. The van der Waals surface area contributed by atoms with Gasteiger partial charge in [-0.25, -0.2) is 9.18 Å². The van der Waals surface area contributed by atoms with Gasteiger partial charge in [-0.15, -0.1) is 10.2 Å². The molecule has 2 N–H and O–H groups in total. The van der Waals surface area contributed by atoms with Crippen LogP contribution in [0.1, 0.15) is 25.7 Å². The van der Waals surface area contributed by atoms with Crippen LogP contribution in [0.5, 0.6) is 11.6 Å². The van der Waals surface area contributed by atoms with E-state index in [2.05, 4.69) is 20.5 Å². The number of phenols is 1. The first kappa shape index (κ1) is 20.6. The van der Waals surface area contributed by atoms with Crippen LogP contribution in [0.3, 0.4) is 0 Å². The molecule has 2 aliphatic rings. The average molecular weight is 437 g/mol. The molecule has 3 aromatic rings. The summed E-state index contributed by atoms with van der Waals surface area (Å²) in [6.07, 6.45) is 3.53. The molecule has 2 saturated heterocycles. The number of piperidine rings is 2. The number of nitrogens with zero attached hydrogens (tertiary/aromatic N) is 4. The normalized spacial score (nSPS) is 24.8. The van der Waals surface area contributed by atoms with Crippen LogP contribution in [0.25, 0.3) is 22.5 Å². The lowest BCUT2D eigenvalue weighted by molar-refractivity contribution is 0.00652. The summed E-state index contributed by atoms with van der Waals surface area (Å²) in [6, 6.07) is 10.1. The lowest BCUT2D eigenvalue weighted by Crippen LogP contribution is -2.59. The van der Waals surface area contributed by atoms with E-state index in [-0.39, 0.29) is 29.4 Å². The van der Waals surface area contributed by atoms with Gasteiger partial charge in [0.2, 0.25) is 5.88 Å². The van der Waals surface area contributed by atoms with Crippen molar-refractivity contribution in [3.8, 4) is 34.1 Å². The van der Waals surface area contributed by atoms with Crippen LogP contribution in [-0.2, 0) is 7.05 Å². The van der Waals surface area contributed by atoms with Crippen molar-refractivity contribution >= 4 is 0 Å². The first-order chi connectivity index (χ1) is 15.5. The number of aryl methyl sites for hydroxylation is 1. The molecule has 1 aromatic carbocycles. The molecule has 166 valence electrons. The highest BCUT2D eigenvalue weighted by molar-refractivity contribution is 5.72. The third-order valence-corrected chi connectivity index (χ3v) is 6.23. The molecule has 32 heavy (non-hydrogen) atoms. The second-order valence-corrected chi connectivity index (χ2v) is 8.43. The zero-order valence-electron chi connectivity index (χ0n) is 17.6. The number of benzene rings is 1. The van der Waals surface area contributed by atoms with Gasteiger partial charge in [0, 0.05) is 48.9 Å². The minimum absolute atomic E-state index is 0.0112. The molecule has 4 atom stereocenters. The van der Waals surface area contributed by atoms with E-state index in [0.29, 0.717) is 28.9 Å². The fourth-order valence-corrected chi connectivity index (χ4v) is 4.49. The van der Waals surface area contributed by atoms with E-state index in [0.717, 1.165) is 19.3 Å². The van der Waals surface area contributed by atoms with Gasteiger partial charge < -0.3 is 19.7 Å². The Morgan fingerprint density at radius 2 is 2.03 bits per heavy atom. The van der Waals surface area contributed by atoms with Gasteiger partial charge in [-0.3, -0.25) is 0 Å². The number of fused-ring (bicyclic) bond motifs is 2. The molecule has 0 amide bonds. The van der Waals surface area contributed by atoms with Crippen LogP contribution in [0.15, 0.2) is 47.4 Å².